The van der Waals surface area contributed by atoms with E-state index in [-0.39, 0.29) is 24.7 Å². The minimum Gasteiger partial charge on any atom is -0.358 e. The maximum Gasteiger partial charge on any atom is 0.389 e. The van der Waals surface area contributed by atoms with Crippen molar-refractivity contribution >= 4 is 61.1 Å². The molecule has 0 aromatic carbocycles. The van der Waals surface area contributed by atoms with Gasteiger partial charge in [-0.1, -0.05) is 0 Å². The number of carbonyl (C=O) groups excluding carboxylic acids is 1. The molecule has 1 N–H and O–H groups in total. The van der Waals surface area contributed by atoms with Crippen LogP contribution < -0.4 is 5.43 Å². The number of rotatable bonds is 6. The van der Waals surface area contributed by atoms with Gasteiger partial charge in [0.05, 0.1) is 33.9 Å². The molecule has 0 fully saturated rings. The molecule has 0 aliphatic rings. The van der Waals surface area contributed by atoms with Crippen LogP contribution in [0.2, 0.25) is 0 Å². The number of nitrogens with zero attached hydrogens (tertiary/aromatic N) is 4. The Labute approximate surface area is 145 Å². The number of aryl methyl sites for hydroxylation is 1. The van der Waals surface area contributed by atoms with Gasteiger partial charge in [0.25, 0.3) is 0 Å². The summed E-state index contributed by atoms with van der Waals surface area (Å²) < 4.78 is 3.21. The van der Waals surface area contributed by atoms with Crippen LogP contribution in [0.1, 0.15) is 11.3 Å². The van der Waals surface area contributed by atoms with Gasteiger partial charge in [0.2, 0.25) is 5.91 Å². The monoisotopic (exact) mass is 449 g/mol. The van der Waals surface area contributed by atoms with Gasteiger partial charge >= 0.3 is 5.82 Å². The number of nitro groups is 1. The molecule has 2 heterocycles. The van der Waals surface area contributed by atoms with Gasteiger partial charge in [-0.05, 0) is 42.8 Å². The molecular weight excluding hydrogens is 442 g/mol. The average molecular weight is 451 g/mol. The summed E-state index contributed by atoms with van der Waals surface area (Å²) in [5.41, 5.74) is 2.39. The number of nitrogens with one attached hydrogen (secondary N) is 1. The van der Waals surface area contributed by atoms with E-state index < -0.39 is 4.92 Å². The Morgan fingerprint density at radius 3 is 2.95 bits per heavy atom. The molecule has 0 bridgehead atoms. The maximum absolute atomic E-state index is 11.6. The molecule has 0 spiro atoms. The zero-order chi connectivity index (χ0) is 16.1. The van der Waals surface area contributed by atoms with Crippen LogP contribution in [0.4, 0.5) is 5.82 Å². The second kappa shape index (κ2) is 7.61. The van der Waals surface area contributed by atoms with E-state index in [0.717, 1.165) is 13.1 Å². The Hall–Kier alpha value is -1.59. The van der Waals surface area contributed by atoms with Gasteiger partial charge in [0.15, 0.2) is 0 Å². The van der Waals surface area contributed by atoms with E-state index in [1.54, 1.807) is 0 Å². The first-order valence-corrected chi connectivity index (χ1v) is 8.30. The Bertz CT molecular complexity index is 708. The lowest BCUT2D eigenvalue weighted by Crippen LogP contribution is -2.19. The van der Waals surface area contributed by atoms with E-state index in [2.05, 4.69) is 47.5 Å². The van der Waals surface area contributed by atoms with Crippen LogP contribution in [0.3, 0.4) is 0 Å². The summed E-state index contributed by atoms with van der Waals surface area (Å²) in [5.74, 6) is -0.545. The van der Waals surface area contributed by atoms with E-state index >= 15 is 0 Å². The molecule has 0 radical (unpaired) electrons. The third-order valence-electron chi connectivity index (χ3n) is 2.43. The molecular formula is C11H9Br2N5O3S. The molecule has 1 amide bonds. The fourth-order valence-electron chi connectivity index (χ4n) is 1.44. The molecule has 0 atom stereocenters. The van der Waals surface area contributed by atoms with E-state index in [4.69, 9.17) is 0 Å². The number of halogens is 2. The molecule has 0 aliphatic heterocycles. The largest absolute Gasteiger partial charge is 0.389 e. The summed E-state index contributed by atoms with van der Waals surface area (Å²) in [4.78, 5) is 22.4. The van der Waals surface area contributed by atoms with Gasteiger partial charge in [-0.2, -0.15) is 9.78 Å². The molecule has 0 saturated heterocycles. The number of amides is 1. The van der Waals surface area contributed by atoms with Crippen LogP contribution in [-0.4, -0.2) is 26.8 Å². The summed E-state index contributed by atoms with van der Waals surface area (Å²) >= 11 is 8.19. The first kappa shape index (κ1) is 16.8. The zero-order valence-corrected chi connectivity index (χ0v) is 14.9. The number of hydrazone groups is 1. The predicted octanol–water partition coefficient (Wildman–Crippen LogP) is 2.92. The van der Waals surface area contributed by atoms with Crippen LogP contribution >= 0.6 is 43.2 Å². The fraction of sp³-hybridized carbons (Fsp3) is 0.182. The highest BCUT2D eigenvalue weighted by molar-refractivity contribution is 9.13. The molecule has 11 heteroatoms. The summed E-state index contributed by atoms with van der Waals surface area (Å²) in [7, 11) is 0. The average Bonchev–Trinajstić information content (AvgIpc) is 3.04. The number of thiophene rings is 1. The van der Waals surface area contributed by atoms with Crippen molar-refractivity contribution in [3.8, 4) is 0 Å². The van der Waals surface area contributed by atoms with Crippen molar-refractivity contribution in [2.24, 2.45) is 5.10 Å². The van der Waals surface area contributed by atoms with Gasteiger partial charge < -0.3 is 10.1 Å². The Kier molecular flexibility index (Phi) is 5.80. The SMILES string of the molecule is O=C(CCn1ccc([N+](=O)[O-])n1)NN=Cc1cc(Br)c(Br)s1. The van der Waals surface area contributed by atoms with E-state index in [0.29, 0.717) is 0 Å². The number of carbonyl (C=O) groups is 1. The summed E-state index contributed by atoms with van der Waals surface area (Å²) in [6.45, 7) is 0.241. The summed E-state index contributed by atoms with van der Waals surface area (Å²) in [5, 5.41) is 18.0. The number of hydrogen-bond donors (Lipinski definition) is 1. The molecule has 8 nitrogen and oxygen atoms in total. The lowest BCUT2D eigenvalue weighted by molar-refractivity contribution is -0.389. The van der Waals surface area contributed by atoms with Gasteiger partial charge in [-0.25, -0.2) is 5.43 Å². The van der Waals surface area contributed by atoms with Crippen molar-refractivity contribution in [2.45, 2.75) is 13.0 Å². The first-order valence-electron chi connectivity index (χ1n) is 5.90. The van der Waals surface area contributed by atoms with Crippen LogP contribution in [-0.2, 0) is 11.3 Å². The van der Waals surface area contributed by atoms with Crippen molar-refractivity contribution < 1.29 is 9.72 Å². The molecule has 116 valence electrons. The smallest absolute Gasteiger partial charge is 0.358 e. The first-order chi connectivity index (χ1) is 10.5. The molecule has 0 unspecified atom stereocenters. The minimum atomic E-state index is -0.585. The lowest BCUT2D eigenvalue weighted by atomic mass is 10.4. The summed E-state index contributed by atoms with van der Waals surface area (Å²) in [6.07, 6.45) is 3.11. The van der Waals surface area contributed by atoms with Crippen molar-refractivity contribution in [3.05, 3.63) is 41.6 Å². The second-order valence-electron chi connectivity index (χ2n) is 4.01. The molecule has 2 rings (SSSR count). The Morgan fingerprint density at radius 2 is 2.36 bits per heavy atom. The highest BCUT2D eigenvalue weighted by Crippen LogP contribution is 2.31. The van der Waals surface area contributed by atoms with Gasteiger partial charge in [0, 0.05) is 15.8 Å². The quantitative estimate of drug-likeness (QED) is 0.415. The normalized spacial score (nSPS) is 11.0. The van der Waals surface area contributed by atoms with Crippen LogP contribution in [0.5, 0.6) is 0 Å². The van der Waals surface area contributed by atoms with E-state index in [1.807, 2.05) is 6.07 Å². The predicted molar refractivity (Wildman–Crippen MR) is 89.0 cm³/mol. The topological polar surface area (TPSA) is 102 Å². The molecule has 0 aliphatic carbocycles. The maximum atomic E-state index is 11.6. The molecule has 2 aromatic heterocycles. The fourth-order valence-corrected chi connectivity index (χ4v) is 3.40. The molecule has 2 aromatic rings. The molecule has 22 heavy (non-hydrogen) atoms. The number of hydrogen-bond acceptors (Lipinski definition) is 6. The minimum absolute atomic E-state index is 0.119. The van der Waals surface area contributed by atoms with Gasteiger partial charge in [0.1, 0.15) is 0 Å². The van der Waals surface area contributed by atoms with Crippen LogP contribution in [0.25, 0.3) is 0 Å². The Balaban J connectivity index is 1.79. The highest BCUT2D eigenvalue weighted by atomic mass is 79.9. The van der Waals surface area contributed by atoms with Crippen LogP contribution in [0.15, 0.2) is 31.7 Å². The van der Waals surface area contributed by atoms with E-state index in [1.165, 1.54) is 34.5 Å². The van der Waals surface area contributed by atoms with E-state index in [9.17, 15) is 14.9 Å². The van der Waals surface area contributed by atoms with Crippen molar-refractivity contribution in [3.63, 3.8) is 0 Å². The van der Waals surface area contributed by atoms with Crippen molar-refractivity contribution in [2.75, 3.05) is 0 Å². The van der Waals surface area contributed by atoms with Gasteiger partial charge in [-0.15, -0.1) is 11.3 Å². The zero-order valence-electron chi connectivity index (χ0n) is 10.9. The van der Waals surface area contributed by atoms with Gasteiger partial charge in [-0.3, -0.25) is 4.79 Å². The van der Waals surface area contributed by atoms with Crippen LogP contribution in [0, 0.1) is 10.1 Å². The third kappa shape index (κ3) is 4.71. The van der Waals surface area contributed by atoms with Crippen molar-refractivity contribution in [1.82, 2.24) is 15.2 Å². The third-order valence-corrected chi connectivity index (χ3v) is 5.62. The Morgan fingerprint density at radius 1 is 1.59 bits per heavy atom. The highest BCUT2D eigenvalue weighted by Gasteiger charge is 2.11. The molecule has 0 saturated carbocycles. The van der Waals surface area contributed by atoms with Crippen molar-refractivity contribution in [1.29, 1.82) is 0 Å². The number of aromatic nitrogens is 2. The lowest BCUT2D eigenvalue weighted by Gasteiger charge is -1.97. The standard InChI is InChI=1S/C11H9Br2N5O3S/c12-8-5-7(22-11(8)13)6-14-15-10(19)2-4-17-3-1-9(16-17)18(20)21/h1,3,5-6H,2,4H2,(H,15,19). The second-order valence-corrected chi connectivity index (χ2v) is 7.26. The summed E-state index contributed by atoms with van der Waals surface area (Å²) in [6, 6.07) is 3.15.